The van der Waals surface area contributed by atoms with Crippen LogP contribution in [0.2, 0.25) is 0 Å². The molecule has 1 aromatic rings. The molecule has 4 heteroatoms. The Morgan fingerprint density at radius 3 is 2.79 bits per heavy atom. The van der Waals surface area contributed by atoms with Gasteiger partial charge in [0.1, 0.15) is 0 Å². The second kappa shape index (κ2) is 5.69. The molecule has 100 valence electrons. The van der Waals surface area contributed by atoms with Crippen molar-refractivity contribution in [2.24, 2.45) is 0 Å². The highest BCUT2D eigenvalue weighted by molar-refractivity contribution is 5.93. The first kappa shape index (κ1) is 13.3. The number of carbonyl (C=O) groups excluding carboxylic acids is 2. The van der Waals surface area contributed by atoms with E-state index in [1.165, 1.54) is 7.11 Å². The third kappa shape index (κ3) is 3.02. The average molecular weight is 259 g/mol. The number of hydrogen-bond acceptors (Lipinski definition) is 4. The van der Waals surface area contributed by atoms with Crippen LogP contribution in [0.3, 0.4) is 0 Å². The molecule has 0 aliphatic heterocycles. The maximum absolute atomic E-state index is 11.6. The number of ether oxygens (including phenoxy) is 1. The predicted octanol–water partition coefficient (Wildman–Crippen LogP) is 2.83. The molecule has 1 N–H and O–H groups in total. The zero-order chi connectivity index (χ0) is 13.8. The van der Waals surface area contributed by atoms with Crippen LogP contribution in [0.25, 0.3) is 0 Å². The maximum Gasteiger partial charge on any atom is 0.338 e. The number of allylic oxidation sites excluding steroid dienone is 2. The average Bonchev–Trinajstić information content (AvgIpc) is 2.40. The predicted molar refractivity (Wildman–Crippen MR) is 73.1 cm³/mol. The van der Waals surface area contributed by atoms with Gasteiger partial charge in [-0.05, 0) is 37.5 Å². The molecule has 1 aliphatic carbocycles. The van der Waals surface area contributed by atoms with Gasteiger partial charge in [0.2, 0.25) is 0 Å². The number of nitrogens with one attached hydrogen (secondary N) is 1. The lowest BCUT2D eigenvalue weighted by molar-refractivity contribution is -0.115. The summed E-state index contributed by atoms with van der Waals surface area (Å²) >= 11 is 0. The number of hydrogen-bond donors (Lipinski definition) is 1. The van der Waals surface area contributed by atoms with Crippen molar-refractivity contribution >= 4 is 17.4 Å². The highest BCUT2D eigenvalue weighted by atomic mass is 16.5. The fraction of sp³-hybridized carbons (Fsp3) is 0.333. The zero-order valence-electron chi connectivity index (χ0n) is 11.2. The van der Waals surface area contributed by atoms with Gasteiger partial charge in [-0.1, -0.05) is 6.07 Å². The van der Waals surface area contributed by atoms with Crippen LogP contribution in [0.4, 0.5) is 5.69 Å². The summed E-state index contributed by atoms with van der Waals surface area (Å²) in [4.78, 5) is 23.0. The van der Waals surface area contributed by atoms with E-state index in [0.29, 0.717) is 12.0 Å². The zero-order valence-corrected chi connectivity index (χ0v) is 11.2. The first-order valence-corrected chi connectivity index (χ1v) is 6.30. The number of carbonyl (C=O) groups is 2. The number of rotatable bonds is 3. The molecule has 0 unspecified atom stereocenters. The van der Waals surface area contributed by atoms with E-state index in [-0.39, 0.29) is 11.8 Å². The molecule has 2 rings (SSSR count). The summed E-state index contributed by atoms with van der Waals surface area (Å²) in [7, 11) is 1.37. The monoisotopic (exact) mass is 259 g/mol. The molecule has 0 radical (unpaired) electrons. The summed E-state index contributed by atoms with van der Waals surface area (Å²) in [6.07, 6.45) is 3.99. The van der Waals surface area contributed by atoms with Gasteiger partial charge in [0, 0.05) is 23.9 Å². The van der Waals surface area contributed by atoms with Gasteiger partial charge < -0.3 is 10.1 Å². The molecule has 1 aliphatic rings. The van der Waals surface area contributed by atoms with Crippen molar-refractivity contribution in [3.05, 3.63) is 41.1 Å². The Balaban J connectivity index is 2.26. The lowest BCUT2D eigenvalue weighted by atomic mass is 10.0. The summed E-state index contributed by atoms with van der Waals surface area (Å²) in [5, 5.41) is 3.23. The Kier molecular flexibility index (Phi) is 4.00. The second-order valence-electron chi connectivity index (χ2n) is 4.58. The van der Waals surface area contributed by atoms with Crippen LogP contribution >= 0.6 is 0 Å². The second-order valence-corrected chi connectivity index (χ2v) is 4.58. The molecular formula is C15H17NO3. The molecule has 0 aromatic heterocycles. The molecule has 0 saturated carbocycles. The van der Waals surface area contributed by atoms with Crippen LogP contribution in [-0.2, 0) is 9.53 Å². The van der Waals surface area contributed by atoms with Crippen molar-refractivity contribution in [3.8, 4) is 0 Å². The third-order valence-corrected chi connectivity index (χ3v) is 3.24. The molecule has 0 heterocycles. The number of esters is 1. The van der Waals surface area contributed by atoms with E-state index < -0.39 is 0 Å². The van der Waals surface area contributed by atoms with Crippen LogP contribution in [-0.4, -0.2) is 18.9 Å². The van der Waals surface area contributed by atoms with Crippen LogP contribution in [0, 0.1) is 6.92 Å². The fourth-order valence-electron chi connectivity index (χ4n) is 2.17. The van der Waals surface area contributed by atoms with Gasteiger partial charge in [0.15, 0.2) is 5.78 Å². The minimum atomic E-state index is -0.352. The molecule has 0 fully saturated rings. The first-order valence-electron chi connectivity index (χ1n) is 6.30. The van der Waals surface area contributed by atoms with Gasteiger partial charge in [-0.25, -0.2) is 4.79 Å². The highest BCUT2D eigenvalue weighted by Crippen LogP contribution is 2.24. The van der Waals surface area contributed by atoms with Crippen molar-refractivity contribution in [1.29, 1.82) is 0 Å². The van der Waals surface area contributed by atoms with Crippen molar-refractivity contribution in [2.75, 3.05) is 12.4 Å². The molecule has 0 spiro atoms. The van der Waals surface area contributed by atoms with E-state index >= 15 is 0 Å². The normalized spacial score (nSPS) is 14.8. The molecule has 19 heavy (non-hydrogen) atoms. The largest absolute Gasteiger partial charge is 0.465 e. The molecule has 0 amide bonds. The highest BCUT2D eigenvalue weighted by Gasteiger charge is 2.14. The Labute approximate surface area is 112 Å². The van der Waals surface area contributed by atoms with E-state index in [0.717, 1.165) is 29.8 Å². The van der Waals surface area contributed by atoms with Gasteiger partial charge in [-0.3, -0.25) is 4.79 Å². The Bertz CT molecular complexity index is 546. The van der Waals surface area contributed by atoms with Crippen LogP contribution < -0.4 is 5.32 Å². The minimum absolute atomic E-state index is 0.149. The van der Waals surface area contributed by atoms with Crippen LogP contribution in [0.5, 0.6) is 0 Å². The summed E-state index contributed by atoms with van der Waals surface area (Å²) in [6.45, 7) is 1.86. The van der Waals surface area contributed by atoms with E-state index in [1.54, 1.807) is 18.2 Å². The Morgan fingerprint density at radius 2 is 2.11 bits per heavy atom. The van der Waals surface area contributed by atoms with Gasteiger partial charge in [0.05, 0.1) is 12.7 Å². The lowest BCUT2D eigenvalue weighted by Crippen LogP contribution is -2.11. The smallest absolute Gasteiger partial charge is 0.338 e. The van der Waals surface area contributed by atoms with E-state index in [9.17, 15) is 9.59 Å². The van der Waals surface area contributed by atoms with Gasteiger partial charge in [-0.15, -0.1) is 0 Å². The van der Waals surface area contributed by atoms with Crippen molar-refractivity contribution < 1.29 is 14.3 Å². The molecule has 0 atom stereocenters. The third-order valence-electron chi connectivity index (χ3n) is 3.24. The first-order chi connectivity index (χ1) is 9.11. The molecule has 4 nitrogen and oxygen atoms in total. The van der Waals surface area contributed by atoms with Crippen molar-refractivity contribution in [3.63, 3.8) is 0 Å². The lowest BCUT2D eigenvalue weighted by Gasteiger charge is -2.17. The van der Waals surface area contributed by atoms with Gasteiger partial charge in [0.25, 0.3) is 0 Å². The number of ketones is 1. The Morgan fingerprint density at radius 1 is 1.32 bits per heavy atom. The topological polar surface area (TPSA) is 55.4 Å². The summed E-state index contributed by atoms with van der Waals surface area (Å²) in [5.74, 6) is -0.203. The van der Waals surface area contributed by atoms with Crippen LogP contribution in [0.1, 0.15) is 35.2 Å². The summed E-state index contributed by atoms with van der Waals surface area (Å²) in [6, 6.07) is 5.42. The SMILES string of the molecule is COC(=O)c1cccc(NC2=CC(=O)CCC2)c1C. The van der Waals surface area contributed by atoms with Crippen LogP contribution in [0.15, 0.2) is 30.0 Å². The number of methoxy groups -OCH3 is 1. The van der Waals surface area contributed by atoms with Gasteiger partial charge in [-0.2, -0.15) is 0 Å². The molecule has 0 saturated heterocycles. The Hall–Kier alpha value is -2.10. The van der Waals surface area contributed by atoms with Crippen molar-refractivity contribution in [2.45, 2.75) is 26.2 Å². The summed E-state index contributed by atoms with van der Waals surface area (Å²) < 4.78 is 4.74. The van der Waals surface area contributed by atoms with Gasteiger partial charge >= 0.3 is 5.97 Å². The minimum Gasteiger partial charge on any atom is -0.465 e. The van der Waals surface area contributed by atoms with E-state index in [1.807, 2.05) is 13.0 Å². The fourth-order valence-corrected chi connectivity index (χ4v) is 2.17. The number of anilines is 1. The maximum atomic E-state index is 11.6. The molecular weight excluding hydrogens is 242 g/mol. The number of benzene rings is 1. The summed E-state index contributed by atoms with van der Waals surface area (Å²) in [5.41, 5.74) is 3.11. The van der Waals surface area contributed by atoms with E-state index in [2.05, 4.69) is 5.32 Å². The van der Waals surface area contributed by atoms with E-state index in [4.69, 9.17) is 4.74 Å². The quantitative estimate of drug-likeness (QED) is 0.848. The van der Waals surface area contributed by atoms with Crippen molar-refractivity contribution in [1.82, 2.24) is 0 Å². The standard InChI is InChI=1S/C15H17NO3/c1-10-13(15(18)19-2)7-4-8-14(10)16-11-5-3-6-12(17)9-11/h4,7-9,16H,3,5-6H2,1-2H3. The molecule has 0 bridgehead atoms. The molecule has 1 aromatic carbocycles.